The van der Waals surface area contributed by atoms with E-state index in [1.165, 1.54) is 5.56 Å². The first-order valence-electron chi connectivity index (χ1n) is 4.81. The van der Waals surface area contributed by atoms with Crippen LogP contribution in [0.3, 0.4) is 0 Å². The van der Waals surface area contributed by atoms with E-state index in [1.807, 2.05) is 20.8 Å². The lowest BCUT2D eigenvalue weighted by atomic mass is 9.95. The summed E-state index contributed by atoms with van der Waals surface area (Å²) in [6.45, 7) is 7.96. The Hall–Kier alpha value is -0.680. The largest absolute Gasteiger partial charge is 0.293 e. The second-order valence-electron chi connectivity index (χ2n) is 3.93. The molecule has 0 N–H and O–H groups in total. The maximum absolute atomic E-state index is 11.9. The van der Waals surface area contributed by atoms with Crippen LogP contribution in [0, 0.1) is 20.8 Å². The number of benzene rings is 1. The molecule has 1 aromatic carbocycles. The minimum Gasteiger partial charge on any atom is -0.293 e. The molecule has 0 fully saturated rings. The topological polar surface area (TPSA) is 17.1 Å². The fraction of sp³-hybridized carbons (Fsp3) is 0.417. The summed E-state index contributed by atoms with van der Waals surface area (Å²) in [5.41, 5.74) is 4.27. The second-order valence-corrected chi connectivity index (χ2v) is 4.93. The van der Waals surface area contributed by atoms with Crippen molar-refractivity contribution in [1.29, 1.82) is 0 Å². The second kappa shape index (κ2) is 4.23. The number of rotatable bonds is 2. The van der Waals surface area contributed by atoms with Crippen LogP contribution in [0.15, 0.2) is 12.1 Å². The molecular weight excluding hydrogens is 191 g/mol. The molecule has 2 atom stereocenters. The van der Waals surface area contributed by atoms with Crippen LogP contribution in [0.5, 0.6) is 0 Å². The van der Waals surface area contributed by atoms with Crippen LogP contribution in [-0.4, -0.2) is 11.4 Å². The Kier molecular flexibility index (Phi) is 3.44. The molecule has 0 amide bonds. The molecule has 0 heterocycles. The molecule has 1 nitrogen and oxygen atoms in total. The van der Waals surface area contributed by atoms with Crippen molar-refractivity contribution in [3.63, 3.8) is 0 Å². The summed E-state index contributed by atoms with van der Waals surface area (Å²) >= 11 is 0. The van der Waals surface area contributed by atoms with Crippen molar-refractivity contribution in [3.05, 3.63) is 34.4 Å². The first-order chi connectivity index (χ1) is 6.43. The Morgan fingerprint density at radius 3 is 2.00 bits per heavy atom. The third kappa shape index (κ3) is 2.22. The maximum atomic E-state index is 11.9. The zero-order valence-corrected chi connectivity index (χ0v) is 10.4. The van der Waals surface area contributed by atoms with Gasteiger partial charge in [-0.15, -0.1) is 9.24 Å². The van der Waals surface area contributed by atoms with Crippen LogP contribution >= 0.6 is 9.24 Å². The van der Waals surface area contributed by atoms with Gasteiger partial charge in [-0.2, -0.15) is 0 Å². The van der Waals surface area contributed by atoms with Gasteiger partial charge < -0.3 is 0 Å². The summed E-state index contributed by atoms with van der Waals surface area (Å²) in [6.07, 6.45) is 0. The van der Waals surface area contributed by atoms with Gasteiger partial charge in [0.1, 0.15) is 0 Å². The number of hydrogen-bond acceptors (Lipinski definition) is 1. The van der Waals surface area contributed by atoms with Gasteiger partial charge in [0.2, 0.25) is 0 Å². The highest BCUT2D eigenvalue weighted by Gasteiger charge is 2.15. The number of hydrogen-bond donors (Lipinski definition) is 0. The Morgan fingerprint density at radius 1 is 1.21 bits per heavy atom. The van der Waals surface area contributed by atoms with Crippen LogP contribution in [-0.2, 0) is 0 Å². The lowest BCUT2D eigenvalue weighted by Crippen LogP contribution is -2.13. The molecule has 76 valence electrons. The van der Waals surface area contributed by atoms with Gasteiger partial charge in [-0.25, -0.2) is 0 Å². The van der Waals surface area contributed by atoms with E-state index in [9.17, 15) is 4.79 Å². The summed E-state index contributed by atoms with van der Waals surface area (Å²) in [7, 11) is 2.55. The van der Waals surface area contributed by atoms with Crippen molar-refractivity contribution in [3.8, 4) is 0 Å². The molecule has 0 aliphatic rings. The fourth-order valence-corrected chi connectivity index (χ4v) is 1.96. The normalized spacial score (nSPS) is 12.6. The molecule has 2 unspecified atom stereocenters. The average molecular weight is 208 g/mol. The smallest absolute Gasteiger partial charge is 0.169 e. The highest BCUT2D eigenvalue weighted by molar-refractivity contribution is 7.19. The van der Waals surface area contributed by atoms with Crippen molar-refractivity contribution >= 4 is 15.0 Å². The van der Waals surface area contributed by atoms with E-state index in [-0.39, 0.29) is 11.4 Å². The predicted octanol–water partition coefficient (Wildman–Crippen LogP) is 3.06. The molecular formula is C12H17OP. The van der Waals surface area contributed by atoms with Crippen LogP contribution < -0.4 is 0 Å². The van der Waals surface area contributed by atoms with Gasteiger partial charge in [0.15, 0.2) is 5.78 Å². The molecule has 0 aromatic heterocycles. The lowest BCUT2D eigenvalue weighted by molar-refractivity contribution is 0.0992. The zero-order valence-electron chi connectivity index (χ0n) is 9.22. The average Bonchev–Trinajstić information content (AvgIpc) is 2.01. The summed E-state index contributed by atoms with van der Waals surface area (Å²) in [6, 6.07) is 4.13. The van der Waals surface area contributed by atoms with Gasteiger partial charge in [0.25, 0.3) is 0 Å². The molecule has 0 saturated carbocycles. The highest BCUT2D eigenvalue weighted by Crippen LogP contribution is 2.20. The van der Waals surface area contributed by atoms with E-state index in [2.05, 4.69) is 28.3 Å². The number of aryl methyl sites for hydroxylation is 3. The zero-order chi connectivity index (χ0) is 10.9. The Labute approximate surface area is 88.1 Å². The predicted molar refractivity (Wildman–Crippen MR) is 64.2 cm³/mol. The first kappa shape index (κ1) is 11.4. The summed E-state index contributed by atoms with van der Waals surface area (Å²) in [4.78, 5) is 11.9. The summed E-state index contributed by atoms with van der Waals surface area (Å²) < 4.78 is 0. The number of carbonyl (C=O) groups is 1. The minimum atomic E-state index is -0.00453. The van der Waals surface area contributed by atoms with Crippen LogP contribution in [0.4, 0.5) is 0 Å². The van der Waals surface area contributed by atoms with E-state index >= 15 is 0 Å². The molecule has 0 radical (unpaired) electrons. The highest BCUT2D eigenvalue weighted by atomic mass is 31.0. The molecule has 0 saturated heterocycles. The van der Waals surface area contributed by atoms with E-state index in [1.54, 1.807) is 0 Å². The molecule has 2 heteroatoms. The van der Waals surface area contributed by atoms with Crippen molar-refractivity contribution < 1.29 is 4.79 Å². The van der Waals surface area contributed by atoms with Gasteiger partial charge in [-0.05, 0) is 31.9 Å². The van der Waals surface area contributed by atoms with Gasteiger partial charge in [-0.3, -0.25) is 4.79 Å². The van der Waals surface area contributed by atoms with Crippen molar-refractivity contribution in [2.45, 2.75) is 33.4 Å². The lowest BCUT2D eigenvalue weighted by Gasteiger charge is -2.11. The van der Waals surface area contributed by atoms with E-state index < -0.39 is 0 Å². The molecule has 14 heavy (non-hydrogen) atoms. The van der Waals surface area contributed by atoms with E-state index in [0.717, 1.165) is 16.7 Å². The molecule has 0 bridgehead atoms. The maximum Gasteiger partial charge on any atom is 0.169 e. The first-order valence-corrected chi connectivity index (χ1v) is 5.47. The summed E-state index contributed by atoms with van der Waals surface area (Å²) in [5.74, 6) is 0.213. The Bertz CT molecular complexity index is 344. The van der Waals surface area contributed by atoms with Crippen molar-refractivity contribution in [2.24, 2.45) is 0 Å². The number of carbonyl (C=O) groups excluding carboxylic acids is 1. The van der Waals surface area contributed by atoms with Crippen LogP contribution in [0.1, 0.15) is 34.0 Å². The molecule has 0 aliphatic carbocycles. The van der Waals surface area contributed by atoms with E-state index in [0.29, 0.717) is 0 Å². The number of Topliss-reactive ketones (excluding diaryl/α,β-unsaturated/α-hetero) is 1. The third-order valence-electron chi connectivity index (χ3n) is 2.34. The Balaban J connectivity index is 3.28. The standard InChI is InChI=1S/C12H17OP/c1-7-5-8(2)11(9(3)6-7)12(13)10(4)14/h5-6,10H,14H2,1-4H3. The van der Waals surface area contributed by atoms with Gasteiger partial charge in [-0.1, -0.05) is 24.6 Å². The van der Waals surface area contributed by atoms with Gasteiger partial charge in [0.05, 0.1) is 0 Å². The third-order valence-corrected chi connectivity index (χ3v) is 2.64. The van der Waals surface area contributed by atoms with E-state index in [4.69, 9.17) is 0 Å². The van der Waals surface area contributed by atoms with Crippen molar-refractivity contribution in [2.75, 3.05) is 0 Å². The molecule has 1 rings (SSSR count). The van der Waals surface area contributed by atoms with Crippen molar-refractivity contribution in [1.82, 2.24) is 0 Å². The Morgan fingerprint density at radius 2 is 1.64 bits per heavy atom. The van der Waals surface area contributed by atoms with Crippen LogP contribution in [0.25, 0.3) is 0 Å². The fourth-order valence-electron chi connectivity index (χ4n) is 1.80. The molecule has 0 aliphatic heterocycles. The monoisotopic (exact) mass is 208 g/mol. The van der Waals surface area contributed by atoms with Crippen LogP contribution in [0.2, 0.25) is 0 Å². The minimum absolute atomic E-state index is 0.00453. The molecule has 1 aromatic rings. The SMILES string of the molecule is Cc1cc(C)c(C(=O)C(C)P)c(C)c1. The summed E-state index contributed by atoms with van der Waals surface area (Å²) in [5, 5.41) is 0. The van der Waals surface area contributed by atoms with Gasteiger partial charge >= 0.3 is 0 Å². The number of ketones is 1. The molecule has 0 spiro atoms. The quantitative estimate of drug-likeness (QED) is 0.539. The van der Waals surface area contributed by atoms with Gasteiger partial charge in [0, 0.05) is 11.2 Å².